The number of hydrogen-bond donors (Lipinski definition) is 2. The minimum Gasteiger partial charge on any atom is -0.481 e. The number of nitrogens with one attached hydrogen (secondary N) is 1. The number of rotatable bonds is 9. The number of pyridine rings is 2. The van der Waals surface area contributed by atoms with E-state index in [9.17, 15) is 19.5 Å². The van der Waals surface area contributed by atoms with Gasteiger partial charge in [0, 0.05) is 30.2 Å². The van der Waals surface area contributed by atoms with E-state index in [1.165, 1.54) is 10.6 Å². The van der Waals surface area contributed by atoms with E-state index in [2.05, 4.69) is 10.3 Å². The zero-order valence-corrected chi connectivity index (χ0v) is 19.4. The van der Waals surface area contributed by atoms with Gasteiger partial charge in [-0.15, -0.1) is 0 Å². The maximum Gasteiger partial charge on any atom is 0.305 e. The van der Waals surface area contributed by atoms with Gasteiger partial charge in [0.15, 0.2) is 0 Å². The molecule has 4 rings (SSSR count). The van der Waals surface area contributed by atoms with Crippen LogP contribution in [0.5, 0.6) is 0 Å². The molecular formula is C27H29N3O4. The van der Waals surface area contributed by atoms with Crippen LogP contribution in [0, 0.1) is 19.8 Å². The Morgan fingerprint density at radius 1 is 1.12 bits per heavy atom. The molecule has 0 radical (unpaired) electrons. The SMILES string of the molecule is Cc1cccc(C)c1-c1cncc([C@H](CC(=O)O)NC(=O)C(CC2CC2)n2ccccc2=O)c1. The fourth-order valence-electron chi connectivity index (χ4n) is 4.46. The van der Waals surface area contributed by atoms with E-state index in [0.29, 0.717) is 17.9 Å². The van der Waals surface area contributed by atoms with Gasteiger partial charge in [0.1, 0.15) is 6.04 Å². The molecule has 176 valence electrons. The number of aliphatic carboxylic acids is 1. The van der Waals surface area contributed by atoms with Gasteiger partial charge in [0.25, 0.3) is 5.56 Å². The first kappa shape index (κ1) is 23.4. The molecule has 0 bridgehead atoms. The van der Waals surface area contributed by atoms with Crippen LogP contribution in [0.2, 0.25) is 0 Å². The van der Waals surface area contributed by atoms with E-state index in [-0.39, 0.29) is 17.9 Å². The van der Waals surface area contributed by atoms with Gasteiger partial charge in [0.05, 0.1) is 12.5 Å². The molecule has 0 saturated heterocycles. The summed E-state index contributed by atoms with van der Waals surface area (Å²) in [5.74, 6) is -0.989. The summed E-state index contributed by atoms with van der Waals surface area (Å²) in [5, 5.41) is 12.5. The van der Waals surface area contributed by atoms with Gasteiger partial charge < -0.3 is 15.0 Å². The van der Waals surface area contributed by atoms with Gasteiger partial charge in [-0.2, -0.15) is 0 Å². The summed E-state index contributed by atoms with van der Waals surface area (Å²) in [6, 6.07) is 11.3. The van der Waals surface area contributed by atoms with Crippen molar-refractivity contribution in [3.63, 3.8) is 0 Å². The van der Waals surface area contributed by atoms with E-state index in [1.54, 1.807) is 30.7 Å². The normalized spacial score (nSPS) is 14.9. The van der Waals surface area contributed by atoms with Gasteiger partial charge in [0.2, 0.25) is 5.91 Å². The highest BCUT2D eigenvalue weighted by Gasteiger charge is 2.32. The molecule has 2 heterocycles. The summed E-state index contributed by atoms with van der Waals surface area (Å²) in [4.78, 5) is 41.9. The molecular weight excluding hydrogens is 430 g/mol. The summed E-state index contributed by atoms with van der Waals surface area (Å²) in [6.07, 6.45) is 7.29. The maximum atomic E-state index is 13.4. The van der Waals surface area contributed by atoms with Gasteiger partial charge in [-0.3, -0.25) is 19.4 Å². The molecule has 1 fully saturated rings. The Hall–Kier alpha value is -3.74. The second-order valence-corrected chi connectivity index (χ2v) is 9.07. The first-order chi connectivity index (χ1) is 16.3. The Kier molecular flexibility index (Phi) is 6.91. The number of nitrogens with zero attached hydrogens (tertiary/aromatic N) is 2. The van der Waals surface area contributed by atoms with Gasteiger partial charge in [-0.1, -0.05) is 37.1 Å². The van der Waals surface area contributed by atoms with Crippen LogP contribution in [0.1, 0.15) is 54.5 Å². The highest BCUT2D eigenvalue weighted by atomic mass is 16.4. The molecule has 1 aliphatic carbocycles. The molecule has 1 saturated carbocycles. The van der Waals surface area contributed by atoms with E-state index >= 15 is 0 Å². The summed E-state index contributed by atoms with van der Waals surface area (Å²) in [5.41, 5.74) is 4.45. The van der Waals surface area contributed by atoms with E-state index in [0.717, 1.165) is 35.1 Å². The number of benzene rings is 1. The van der Waals surface area contributed by atoms with E-state index < -0.39 is 18.1 Å². The molecule has 1 aliphatic rings. The lowest BCUT2D eigenvalue weighted by Gasteiger charge is -2.24. The average molecular weight is 460 g/mol. The summed E-state index contributed by atoms with van der Waals surface area (Å²) < 4.78 is 1.44. The van der Waals surface area contributed by atoms with Gasteiger partial charge in [-0.25, -0.2) is 0 Å². The van der Waals surface area contributed by atoms with Crippen molar-refractivity contribution in [3.8, 4) is 11.1 Å². The van der Waals surface area contributed by atoms with Crippen molar-refractivity contribution in [1.82, 2.24) is 14.9 Å². The molecule has 2 N–H and O–H groups in total. The highest BCUT2D eigenvalue weighted by molar-refractivity contribution is 5.82. The molecule has 1 unspecified atom stereocenters. The fourth-order valence-corrected chi connectivity index (χ4v) is 4.46. The lowest BCUT2D eigenvalue weighted by atomic mass is 9.94. The fraction of sp³-hybridized carbons (Fsp3) is 0.333. The lowest BCUT2D eigenvalue weighted by molar-refractivity contribution is -0.138. The van der Waals surface area contributed by atoms with Crippen molar-refractivity contribution < 1.29 is 14.7 Å². The zero-order chi connectivity index (χ0) is 24.2. The monoisotopic (exact) mass is 459 g/mol. The number of carboxylic acids is 1. The number of carbonyl (C=O) groups is 2. The molecule has 3 aromatic rings. The second kappa shape index (κ2) is 10.0. The van der Waals surface area contributed by atoms with Crippen LogP contribution in [0.25, 0.3) is 11.1 Å². The predicted molar refractivity (Wildman–Crippen MR) is 129 cm³/mol. The minimum absolute atomic E-state index is 0.253. The largest absolute Gasteiger partial charge is 0.481 e. The maximum absolute atomic E-state index is 13.4. The van der Waals surface area contributed by atoms with Gasteiger partial charge >= 0.3 is 5.97 Å². The predicted octanol–water partition coefficient (Wildman–Crippen LogP) is 4.20. The van der Waals surface area contributed by atoms with Crippen LogP contribution in [-0.4, -0.2) is 26.5 Å². The molecule has 2 atom stereocenters. The first-order valence-electron chi connectivity index (χ1n) is 11.5. The number of carbonyl (C=O) groups excluding carboxylic acids is 1. The second-order valence-electron chi connectivity index (χ2n) is 9.07. The zero-order valence-electron chi connectivity index (χ0n) is 19.4. The quantitative estimate of drug-likeness (QED) is 0.499. The third-order valence-electron chi connectivity index (χ3n) is 6.37. The smallest absolute Gasteiger partial charge is 0.305 e. The van der Waals surface area contributed by atoms with E-state index in [4.69, 9.17) is 0 Å². The Morgan fingerprint density at radius 2 is 1.85 bits per heavy atom. The van der Waals surface area contributed by atoms with Crippen LogP contribution in [-0.2, 0) is 9.59 Å². The Morgan fingerprint density at radius 3 is 2.50 bits per heavy atom. The van der Waals surface area contributed by atoms with Crippen LogP contribution in [0.3, 0.4) is 0 Å². The Labute approximate surface area is 198 Å². The minimum atomic E-state index is -1.03. The number of aromatic nitrogens is 2. The van der Waals surface area contributed by atoms with E-state index in [1.807, 2.05) is 38.1 Å². The molecule has 0 spiro atoms. The van der Waals surface area contributed by atoms with Crippen LogP contribution < -0.4 is 10.9 Å². The molecule has 7 heteroatoms. The summed E-state index contributed by atoms with van der Waals surface area (Å²) >= 11 is 0. The number of carboxylic acid groups (broad SMARTS) is 1. The van der Waals surface area contributed by atoms with Crippen molar-refractivity contribution in [2.75, 3.05) is 0 Å². The van der Waals surface area contributed by atoms with Crippen molar-refractivity contribution in [3.05, 3.63) is 88.1 Å². The highest BCUT2D eigenvalue weighted by Crippen LogP contribution is 2.37. The topological polar surface area (TPSA) is 101 Å². The number of aryl methyl sites for hydroxylation is 2. The summed E-state index contributed by atoms with van der Waals surface area (Å²) in [6.45, 7) is 4.04. The molecule has 34 heavy (non-hydrogen) atoms. The third-order valence-corrected chi connectivity index (χ3v) is 6.37. The van der Waals surface area contributed by atoms with Gasteiger partial charge in [-0.05, 0) is 60.6 Å². The first-order valence-corrected chi connectivity index (χ1v) is 11.5. The standard InChI is InChI=1S/C27H29N3O4/c1-17-6-5-7-18(2)26(17)21-13-20(15-28-16-21)22(14-25(32)33)29-27(34)23(12-19-9-10-19)30-11-4-3-8-24(30)31/h3-8,11,13,15-16,19,22-23H,9-10,12,14H2,1-2H3,(H,29,34)(H,32,33)/t22-,23?/m0/s1. The molecule has 1 amide bonds. The van der Waals surface area contributed by atoms with Crippen LogP contribution in [0.15, 0.2) is 65.8 Å². The lowest BCUT2D eigenvalue weighted by Crippen LogP contribution is -2.39. The number of hydrogen-bond acceptors (Lipinski definition) is 4. The molecule has 2 aromatic heterocycles. The van der Waals surface area contributed by atoms with Crippen molar-refractivity contribution in [1.29, 1.82) is 0 Å². The average Bonchev–Trinajstić information content (AvgIpc) is 3.62. The Bertz CT molecular complexity index is 1240. The van der Waals surface area contributed by atoms with Crippen molar-refractivity contribution in [2.45, 2.75) is 51.6 Å². The molecule has 7 nitrogen and oxygen atoms in total. The number of amides is 1. The summed E-state index contributed by atoms with van der Waals surface area (Å²) in [7, 11) is 0. The Balaban J connectivity index is 1.66. The van der Waals surface area contributed by atoms with Crippen molar-refractivity contribution >= 4 is 11.9 Å². The molecule has 0 aliphatic heterocycles. The third kappa shape index (κ3) is 5.42. The van der Waals surface area contributed by atoms with Crippen molar-refractivity contribution in [2.24, 2.45) is 5.92 Å². The van der Waals surface area contributed by atoms with Crippen LogP contribution >= 0.6 is 0 Å². The molecule has 1 aromatic carbocycles. The van der Waals surface area contributed by atoms with Crippen LogP contribution in [0.4, 0.5) is 0 Å².